The summed E-state index contributed by atoms with van der Waals surface area (Å²) < 4.78 is 31.6. The third-order valence-electron chi connectivity index (χ3n) is 1.94. The molecule has 0 aromatic heterocycles. The van der Waals surface area contributed by atoms with Gasteiger partial charge in [0.15, 0.2) is 0 Å². The van der Waals surface area contributed by atoms with E-state index in [0.29, 0.717) is 6.61 Å². The van der Waals surface area contributed by atoms with E-state index < -0.39 is 10.4 Å². The van der Waals surface area contributed by atoms with Crippen LogP contribution in [0.3, 0.4) is 0 Å². The van der Waals surface area contributed by atoms with Gasteiger partial charge in [0, 0.05) is 6.61 Å². The van der Waals surface area contributed by atoms with Crippen LogP contribution in [0.2, 0.25) is 0 Å². The molecule has 0 radical (unpaired) electrons. The van der Waals surface area contributed by atoms with Crippen LogP contribution in [0.25, 0.3) is 0 Å². The van der Waals surface area contributed by atoms with E-state index in [9.17, 15) is 0 Å². The molecule has 0 rings (SSSR count). The molecule has 0 aromatic rings. The van der Waals surface area contributed by atoms with Crippen molar-refractivity contribution in [3.63, 3.8) is 0 Å². The number of aliphatic hydroxyl groups excluding tert-OH is 1. The van der Waals surface area contributed by atoms with Crippen molar-refractivity contribution in [1.82, 2.24) is 0 Å². The Morgan fingerprint density at radius 3 is 1.65 bits per heavy atom. The molecular formula is C10H25NaO5S. The van der Waals surface area contributed by atoms with Crippen molar-refractivity contribution in [3.8, 4) is 0 Å². The summed E-state index contributed by atoms with van der Waals surface area (Å²) in [4.78, 5) is 0. The van der Waals surface area contributed by atoms with Gasteiger partial charge in [0.25, 0.3) is 0 Å². The molecule has 0 atom stereocenters. The van der Waals surface area contributed by atoms with Crippen LogP contribution in [0.15, 0.2) is 0 Å². The predicted octanol–water partition coefficient (Wildman–Crippen LogP) is 1.67. The van der Waals surface area contributed by atoms with Crippen LogP contribution >= 0.6 is 0 Å². The van der Waals surface area contributed by atoms with Crippen LogP contribution in [0.5, 0.6) is 0 Å². The van der Waals surface area contributed by atoms with E-state index in [1.165, 1.54) is 32.1 Å². The van der Waals surface area contributed by atoms with Crippen LogP contribution in [0.4, 0.5) is 0 Å². The summed E-state index contributed by atoms with van der Waals surface area (Å²) in [5.74, 6) is 0.854. The summed E-state index contributed by atoms with van der Waals surface area (Å²) in [7, 11) is -4.67. The Hall–Kier alpha value is 0.830. The molecule has 102 valence electrons. The molecule has 7 heteroatoms. The molecule has 17 heavy (non-hydrogen) atoms. The van der Waals surface area contributed by atoms with E-state index in [0.717, 1.165) is 12.3 Å². The van der Waals surface area contributed by atoms with Crippen molar-refractivity contribution in [2.45, 2.75) is 52.4 Å². The fourth-order valence-corrected chi connectivity index (χ4v) is 1.19. The molecular weight excluding hydrogens is 255 g/mol. The van der Waals surface area contributed by atoms with Crippen LogP contribution in [-0.4, -0.2) is 58.8 Å². The molecule has 0 saturated carbocycles. The second kappa shape index (κ2) is 14.9. The van der Waals surface area contributed by atoms with Gasteiger partial charge in [-0.25, -0.2) is 0 Å². The molecule has 0 saturated heterocycles. The number of hydrogen-bond donors (Lipinski definition) is 3. The van der Waals surface area contributed by atoms with Gasteiger partial charge in [0.1, 0.15) is 0 Å². The van der Waals surface area contributed by atoms with E-state index in [2.05, 4.69) is 13.8 Å². The zero-order valence-corrected chi connectivity index (χ0v) is 10.9. The minimum atomic E-state index is -4.67. The molecule has 0 unspecified atom stereocenters. The van der Waals surface area contributed by atoms with Gasteiger partial charge in [0.05, 0.1) is 0 Å². The van der Waals surface area contributed by atoms with Gasteiger partial charge in [-0.1, -0.05) is 46.0 Å². The van der Waals surface area contributed by atoms with Gasteiger partial charge in [-0.15, -0.1) is 0 Å². The van der Waals surface area contributed by atoms with Gasteiger partial charge >= 0.3 is 40.0 Å². The Balaban J connectivity index is -0.000000280. The second-order valence-corrected chi connectivity index (χ2v) is 5.02. The SMILES string of the molecule is CC(C)CCCCCCCO.O=S(=O)(O)O.[NaH]. The van der Waals surface area contributed by atoms with Gasteiger partial charge < -0.3 is 5.11 Å². The summed E-state index contributed by atoms with van der Waals surface area (Å²) in [5, 5.41) is 8.51. The Morgan fingerprint density at radius 2 is 1.29 bits per heavy atom. The summed E-state index contributed by atoms with van der Waals surface area (Å²) >= 11 is 0. The second-order valence-electron chi connectivity index (χ2n) is 4.12. The van der Waals surface area contributed by atoms with Crippen molar-refractivity contribution in [2.75, 3.05) is 6.61 Å². The zero-order valence-electron chi connectivity index (χ0n) is 10.1. The van der Waals surface area contributed by atoms with Gasteiger partial charge in [-0.3, -0.25) is 9.11 Å². The fourth-order valence-electron chi connectivity index (χ4n) is 1.19. The molecule has 3 N–H and O–H groups in total. The van der Waals surface area contributed by atoms with Crippen LogP contribution in [0, 0.1) is 5.92 Å². The predicted molar refractivity (Wildman–Crippen MR) is 71.0 cm³/mol. The third-order valence-corrected chi connectivity index (χ3v) is 1.94. The molecule has 5 nitrogen and oxygen atoms in total. The number of hydrogen-bond acceptors (Lipinski definition) is 3. The monoisotopic (exact) mass is 280 g/mol. The maximum absolute atomic E-state index is 8.74. The van der Waals surface area contributed by atoms with E-state index in [-0.39, 0.29) is 29.6 Å². The summed E-state index contributed by atoms with van der Waals surface area (Å²) in [5.41, 5.74) is 0. The molecule has 0 heterocycles. The van der Waals surface area contributed by atoms with E-state index in [4.69, 9.17) is 22.6 Å². The molecule has 0 fully saturated rings. The molecule has 0 spiro atoms. The summed E-state index contributed by atoms with van der Waals surface area (Å²) in [6.45, 7) is 4.91. The van der Waals surface area contributed by atoms with Crippen molar-refractivity contribution in [2.24, 2.45) is 5.92 Å². The number of rotatable bonds is 7. The number of aliphatic hydroxyl groups is 1. The molecule has 0 aromatic carbocycles. The van der Waals surface area contributed by atoms with Gasteiger partial charge in [0.2, 0.25) is 0 Å². The Bertz CT molecular complexity index is 221. The normalized spacial score (nSPS) is 10.5. The Kier molecular flexibility index (Phi) is 20.1. The Morgan fingerprint density at radius 1 is 0.941 bits per heavy atom. The fraction of sp³-hybridized carbons (Fsp3) is 1.00. The maximum atomic E-state index is 8.74. The van der Waals surface area contributed by atoms with Crippen molar-refractivity contribution in [3.05, 3.63) is 0 Å². The van der Waals surface area contributed by atoms with Crippen LogP contribution in [-0.2, 0) is 10.4 Å². The summed E-state index contributed by atoms with van der Waals surface area (Å²) in [6.07, 6.45) is 7.56. The first-order valence-corrected chi connectivity index (χ1v) is 6.97. The third kappa shape index (κ3) is 47.5. The van der Waals surface area contributed by atoms with E-state index >= 15 is 0 Å². The van der Waals surface area contributed by atoms with Crippen LogP contribution in [0.1, 0.15) is 52.4 Å². The first kappa shape index (κ1) is 23.0. The first-order chi connectivity index (χ1) is 7.27. The molecule has 0 bridgehead atoms. The zero-order chi connectivity index (χ0) is 13.0. The molecule has 0 aliphatic carbocycles. The Labute approximate surface area is 127 Å². The first-order valence-electron chi connectivity index (χ1n) is 5.58. The number of unbranched alkanes of at least 4 members (excludes halogenated alkanes) is 4. The van der Waals surface area contributed by atoms with Gasteiger partial charge in [-0.05, 0) is 12.3 Å². The quantitative estimate of drug-likeness (QED) is 0.374. The molecule has 0 amide bonds. The minimum absolute atomic E-state index is 0. The molecule has 0 aliphatic heterocycles. The van der Waals surface area contributed by atoms with Crippen molar-refractivity contribution >= 4 is 40.0 Å². The molecule has 0 aliphatic rings. The van der Waals surface area contributed by atoms with Crippen molar-refractivity contribution in [1.29, 1.82) is 0 Å². The summed E-state index contributed by atoms with van der Waals surface area (Å²) in [6, 6.07) is 0. The van der Waals surface area contributed by atoms with E-state index in [1.807, 2.05) is 0 Å². The average Bonchev–Trinajstić information content (AvgIpc) is 2.08. The van der Waals surface area contributed by atoms with Crippen LogP contribution < -0.4 is 0 Å². The average molecular weight is 280 g/mol. The van der Waals surface area contributed by atoms with Gasteiger partial charge in [-0.2, -0.15) is 8.42 Å². The van der Waals surface area contributed by atoms with E-state index in [1.54, 1.807) is 0 Å². The van der Waals surface area contributed by atoms with Crippen molar-refractivity contribution < 1.29 is 22.6 Å². The standard InChI is InChI=1S/C10H22O.Na.H2O4S.H/c1-10(2)8-6-4-3-5-7-9-11;;1-5(2,3)4;/h10-11H,3-9H2,1-2H3;;(H2,1,2,3,4);. The topological polar surface area (TPSA) is 94.8 Å².